The highest BCUT2D eigenvalue weighted by Crippen LogP contribution is 2.07. The van der Waals surface area contributed by atoms with Gasteiger partial charge in [0.25, 0.3) is 5.91 Å². The van der Waals surface area contributed by atoms with E-state index in [1.165, 1.54) is 6.92 Å². The van der Waals surface area contributed by atoms with E-state index in [1.54, 1.807) is 6.92 Å². The van der Waals surface area contributed by atoms with Crippen molar-refractivity contribution >= 4 is 5.91 Å². The van der Waals surface area contributed by atoms with Crippen LogP contribution in [-0.2, 0) is 4.79 Å². The molecule has 0 saturated heterocycles. The topological polar surface area (TPSA) is 49.3 Å². The summed E-state index contributed by atoms with van der Waals surface area (Å²) >= 11 is 0. The molecule has 0 spiro atoms. The highest BCUT2D eigenvalue weighted by atomic mass is 16.3. The quantitative estimate of drug-likeness (QED) is 0.599. The summed E-state index contributed by atoms with van der Waals surface area (Å²) in [6, 6.07) is 0. The van der Waals surface area contributed by atoms with Crippen molar-refractivity contribution in [1.29, 1.82) is 0 Å². The predicted molar refractivity (Wildman–Crippen MR) is 39.6 cm³/mol. The number of nitrogens with one attached hydrogen (secondary N) is 1. The van der Waals surface area contributed by atoms with Crippen LogP contribution in [-0.4, -0.2) is 23.2 Å². The van der Waals surface area contributed by atoms with Gasteiger partial charge < -0.3 is 10.4 Å². The van der Waals surface area contributed by atoms with E-state index >= 15 is 0 Å². The molecule has 0 aromatic rings. The van der Waals surface area contributed by atoms with Gasteiger partial charge in [-0.25, -0.2) is 0 Å². The summed E-state index contributed by atoms with van der Waals surface area (Å²) in [6.45, 7) is 5.67. The second-order valence-electron chi connectivity index (χ2n) is 2.49. The van der Waals surface area contributed by atoms with Gasteiger partial charge >= 0.3 is 0 Å². The van der Waals surface area contributed by atoms with Gasteiger partial charge in [0, 0.05) is 6.54 Å². The van der Waals surface area contributed by atoms with E-state index in [9.17, 15) is 9.90 Å². The fourth-order valence-electron chi connectivity index (χ4n) is 0.512. The minimum Gasteiger partial charge on any atom is -0.380 e. The molecule has 0 aromatic carbocycles. The third-order valence-corrected chi connectivity index (χ3v) is 1.51. The second-order valence-corrected chi connectivity index (χ2v) is 2.49. The molecule has 0 bridgehead atoms. The number of likely N-dealkylation sites (N-methyl/N-ethyl adjacent to an activating group) is 1. The third kappa shape index (κ3) is 2.35. The van der Waals surface area contributed by atoms with Gasteiger partial charge in [0.15, 0.2) is 0 Å². The third-order valence-electron chi connectivity index (χ3n) is 1.51. The van der Waals surface area contributed by atoms with Crippen molar-refractivity contribution in [2.24, 2.45) is 0 Å². The minimum atomic E-state index is -1.20. The van der Waals surface area contributed by atoms with E-state index in [4.69, 9.17) is 0 Å². The zero-order valence-corrected chi connectivity index (χ0v) is 6.77. The molecule has 3 nitrogen and oxygen atoms in total. The van der Waals surface area contributed by atoms with Crippen LogP contribution >= 0.6 is 0 Å². The van der Waals surface area contributed by atoms with Crippen LogP contribution in [0.3, 0.4) is 0 Å². The van der Waals surface area contributed by atoms with E-state index < -0.39 is 5.60 Å². The Balaban J connectivity index is 3.91. The summed E-state index contributed by atoms with van der Waals surface area (Å²) in [5.41, 5.74) is -1.20. The molecular weight excluding hydrogens is 130 g/mol. The largest absolute Gasteiger partial charge is 0.380 e. The lowest BCUT2D eigenvalue weighted by Gasteiger charge is -2.19. The van der Waals surface area contributed by atoms with Crippen LogP contribution in [0.2, 0.25) is 0 Å². The number of hydrogen-bond donors (Lipinski definition) is 2. The molecule has 0 heterocycles. The molecule has 0 aromatic heterocycles. The Labute approximate surface area is 61.4 Å². The SMILES string of the molecule is CCNC(=O)C(C)(O)CC. The van der Waals surface area contributed by atoms with Gasteiger partial charge in [-0.05, 0) is 20.3 Å². The van der Waals surface area contributed by atoms with Crippen LogP contribution in [0.25, 0.3) is 0 Å². The van der Waals surface area contributed by atoms with Crippen LogP contribution < -0.4 is 5.32 Å². The lowest BCUT2D eigenvalue weighted by molar-refractivity contribution is -0.138. The molecule has 60 valence electrons. The predicted octanol–water partition coefficient (Wildman–Crippen LogP) is 0.283. The smallest absolute Gasteiger partial charge is 0.251 e. The minimum absolute atomic E-state index is 0.294. The first-order valence-electron chi connectivity index (χ1n) is 3.55. The van der Waals surface area contributed by atoms with E-state index in [0.717, 1.165) is 0 Å². The fourth-order valence-corrected chi connectivity index (χ4v) is 0.512. The van der Waals surface area contributed by atoms with Crippen LogP contribution in [0.5, 0.6) is 0 Å². The Kier molecular flexibility index (Phi) is 3.36. The van der Waals surface area contributed by atoms with Crippen molar-refractivity contribution in [3.8, 4) is 0 Å². The van der Waals surface area contributed by atoms with Gasteiger partial charge in [0.1, 0.15) is 5.60 Å². The fraction of sp³-hybridized carbons (Fsp3) is 0.857. The Morgan fingerprint density at radius 2 is 2.10 bits per heavy atom. The number of amides is 1. The first kappa shape index (κ1) is 9.43. The highest BCUT2D eigenvalue weighted by Gasteiger charge is 2.26. The van der Waals surface area contributed by atoms with Gasteiger partial charge in [-0.2, -0.15) is 0 Å². The lowest BCUT2D eigenvalue weighted by atomic mass is 10.0. The van der Waals surface area contributed by atoms with Gasteiger partial charge in [-0.15, -0.1) is 0 Å². The molecular formula is C7H15NO2. The summed E-state index contributed by atoms with van der Waals surface area (Å²) < 4.78 is 0. The molecule has 0 aliphatic carbocycles. The first-order chi connectivity index (χ1) is 4.54. The molecule has 1 atom stereocenters. The summed E-state index contributed by atoms with van der Waals surface area (Å²) in [7, 11) is 0. The summed E-state index contributed by atoms with van der Waals surface area (Å²) in [5, 5.41) is 11.9. The molecule has 0 fully saturated rings. The average Bonchev–Trinajstić information content (AvgIpc) is 1.89. The molecule has 0 saturated carbocycles. The first-order valence-corrected chi connectivity index (χ1v) is 3.55. The molecule has 1 unspecified atom stereocenters. The Hall–Kier alpha value is -0.570. The van der Waals surface area contributed by atoms with Gasteiger partial charge in [-0.1, -0.05) is 6.92 Å². The summed E-state index contributed by atoms with van der Waals surface area (Å²) in [5.74, 6) is -0.294. The van der Waals surface area contributed by atoms with Crippen LogP contribution in [0.1, 0.15) is 27.2 Å². The van der Waals surface area contributed by atoms with Crippen molar-refractivity contribution in [2.75, 3.05) is 6.54 Å². The monoisotopic (exact) mass is 145 g/mol. The van der Waals surface area contributed by atoms with Crippen LogP contribution in [0, 0.1) is 0 Å². The molecule has 0 aliphatic heterocycles. The number of carbonyl (C=O) groups excluding carboxylic acids is 1. The van der Waals surface area contributed by atoms with Crippen molar-refractivity contribution in [2.45, 2.75) is 32.8 Å². The molecule has 3 heteroatoms. The van der Waals surface area contributed by atoms with E-state index in [0.29, 0.717) is 13.0 Å². The van der Waals surface area contributed by atoms with Crippen molar-refractivity contribution < 1.29 is 9.90 Å². The zero-order chi connectivity index (χ0) is 8.20. The maximum Gasteiger partial charge on any atom is 0.251 e. The van der Waals surface area contributed by atoms with E-state index in [1.807, 2.05) is 6.92 Å². The maximum atomic E-state index is 10.9. The van der Waals surface area contributed by atoms with Crippen molar-refractivity contribution in [3.05, 3.63) is 0 Å². The Morgan fingerprint density at radius 3 is 2.40 bits per heavy atom. The highest BCUT2D eigenvalue weighted by molar-refractivity contribution is 5.84. The maximum absolute atomic E-state index is 10.9. The van der Waals surface area contributed by atoms with Crippen molar-refractivity contribution in [3.63, 3.8) is 0 Å². The lowest BCUT2D eigenvalue weighted by Crippen LogP contribution is -2.43. The summed E-state index contributed by atoms with van der Waals surface area (Å²) in [6.07, 6.45) is 0.443. The van der Waals surface area contributed by atoms with Gasteiger partial charge in [0.05, 0.1) is 0 Å². The average molecular weight is 145 g/mol. The Bertz CT molecular complexity index is 121. The van der Waals surface area contributed by atoms with E-state index in [2.05, 4.69) is 5.32 Å². The van der Waals surface area contributed by atoms with Gasteiger partial charge in [-0.3, -0.25) is 4.79 Å². The molecule has 0 radical (unpaired) electrons. The number of hydrogen-bond acceptors (Lipinski definition) is 2. The van der Waals surface area contributed by atoms with E-state index in [-0.39, 0.29) is 5.91 Å². The van der Waals surface area contributed by atoms with Crippen LogP contribution in [0.4, 0.5) is 0 Å². The number of aliphatic hydroxyl groups is 1. The van der Waals surface area contributed by atoms with Gasteiger partial charge in [0.2, 0.25) is 0 Å². The normalized spacial score (nSPS) is 16.0. The van der Waals surface area contributed by atoms with Crippen molar-refractivity contribution in [1.82, 2.24) is 5.32 Å². The molecule has 0 aliphatic rings. The molecule has 2 N–H and O–H groups in total. The molecule has 0 rings (SSSR count). The summed E-state index contributed by atoms with van der Waals surface area (Å²) in [4.78, 5) is 10.9. The molecule has 1 amide bonds. The van der Waals surface area contributed by atoms with Crippen LogP contribution in [0.15, 0.2) is 0 Å². The number of rotatable bonds is 3. The number of carbonyl (C=O) groups is 1. The zero-order valence-electron chi connectivity index (χ0n) is 6.77. The molecule has 10 heavy (non-hydrogen) atoms. The Morgan fingerprint density at radius 1 is 1.60 bits per heavy atom. The standard InChI is InChI=1S/C7H15NO2/c1-4-7(3,10)6(9)8-5-2/h10H,4-5H2,1-3H3,(H,8,9). The second kappa shape index (κ2) is 3.56.